The molecule has 0 radical (unpaired) electrons. The number of piperazine rings is 1. The van der Waals surface area contributed by atoms with E-state index in [-0.39, 0.29) is 0 Å². The van der Waals surface area contributed by atoms with E-state index < -0.39 is 10.2 Å². The molecule has 0 unspecified atom stereocenters. The highest BCUT2D eigenvalue weighted by molar-refractivity contribution is 7.86. The first-order valence-electron chi connectivity index (χ1n) is 5.59. The Bertz CT molecular complexity index is 303. The van der Waals surface area contributed by atoms with Gasteiger partial charge in [-0.15, -0.1) is 0 Å². The Morgan fingerprint density at radius 2 is 1.53 bits per heavy atom. The van der Waals surface area contributed by atoms with Gasteiger partial charge in [0.15, 0.2) is 0 Å². The molecule has 2 aliphatic rings. The molecule has 0 atom stereocenters. The number of rotatable bonds is 2. The van der Waals surface area contributed by atoms with Crippen LogP contribution in [-0.4, -0.2) is 49.8 Å². The third-order valence-corrected chi connectivity index (χ3v) is 4.56. The summed E-state index contributed by atoms with van der Waals surface area (Å²) in [6, 6.07) is 0.688. The topological polar surface area (TPSA) is 66.6 Å². The van der Waals surface area contributed by atoms with Crippen molar-refractivity contribution in [2.45, 2.75) is 31.7 Å². The SMILES string of the molecule is NS(=O)(=O)N1CCN(C2CCCC2)CC1. The molecule has 2 N–H and O–H groups in total. The van der Waals surface area contributed by atoms with Crippen molar-refractivity contribution in [3.8, 4) is 0 Å². The Labute approximate surface area is 91.4 Å². The molecule has 5 nitrogen and oxygen atoms in total. The number of hydrogen-bond donors (Lipinski definition) is 1. The van der Waals surface area contributed by atoms with Crippen molar-refractivity contribution in [2.24, 2.45) is 5.14 Å². The van der Waals surface area contributed by atoms with Crippen LogP contribution < -0.4 is 5.14 Å². The second kappa shape index (κ2) is 4.37. The van der Waals surface area contributed by atoms with E-state index >= 15 is 0 Å². The van der Waals surface area contributed by atoms with Crippen molar-refractivity contribution in [3.05, 3.63) is 0 Å². The van der Waals surface area contributed by atoms with Gasteiger partial charge in [-0.25, -0.2) is 5.14 Å². The standard InChI is InChI=1S/C9H19N3O2S/c10-15(13,14)12-7-5-11(6-8-12)9-3-1-2-4-9/h9H,1-8H2,(H2,10,13,14). The molecule has 0 aromatic heterocycles. The molecule has 2 rings (SSSR count). The van der Waals surface area contributed by atoms with Crippen LogP contribution in [0.1, 0.15) is 25.7 Å². The Kier molecular flexibility index (Phi) is 3.30. The van der Waals surface area contributed by atoms with Crippen molar-refractivity contribution >= 4 is 10.2 Å². The summed E-state index contributed by atoms with van der Waals surface area (Å²) in [5.74, 6) is 0. The minimum Gasteiger partial charge on any atom is -0.298 e. The predicted molar refractivity (Wildman–Crippen MR) is 58.5 cm³/mol. The number of hydrogen-bond acceptors (Lipinski definition) is 3. The first kappa shape index (κ1) is 11.3. The highest BCUT2D eigenvalue weighted by Gasteiger charge is 2.29. The smallest absolute Gasteiger partial charge is 0.276 e. The zero-order chi connectivity index (χ0) is 10.9. The Hall–Kier alpha value is -0.170. The van der Waals surface area contributed by atoms with Crippen LogP contribution in [0.4, 0.5) is 0 Å². The van der Waals surface area contributed by atoms with E-state index in [2.05, 4.69) is 4.90 Å². The number of nitrogens with zero attached hydrogens (tertiary/aromatic N) is 2. The van der Waals surface area contributed by atoms with Crippen LogP contribution in [0.5, 0.6) is 0 Å². The second-order valence-electron chi connectivity index (χ2n) is 4.42. The van der Waals surface area contributed by atoms with Crippen LogP contribution in [0.2, 0.25) is 0 Å². The molecule has 88 valence electrons. The largest absolute Gasteiger partial charge is 0.298 e. The zero-order valence-corrected chi connectivity index (χ0v) is 9.75. The van der Waals surface area contributed by atoms with E-state index in [1.54, 1.807) is 0 Å². The van der Waals surface area contributed by atoms with Crippen molar-refractivity contribution in [3.63, 3.8) is 0 Å². The van der Waals surface area contributed by atoms with Gasteiger partial charge >= 0.3 is 0 Å². The van der Waals surface area contributed by atoms with Crippen molar-refractivity contribution in [1.82, 2.24) is 9.21 Å². The minimum atomic E-state index is -3.47. The van der Waals surface area contributed by atoms with E-state index in [1.165, 1.54) is 30.0 Å². The van der Waals surface area contributed by atoms with Gasteiger partial charge < -0.3 is 0 Å². The summed E-state index contributed by atoms with van der Waals surface area (Å²) in [5.41, 5.74) is 0. The van der Waals surface area contributed by atoms with Crippen molar-refractivity contribution < 1.29 is 8.42 Å². The monoisotopic (exact) mass is 233 g/mol. The highest BCUT2D eigenvalue weighted by atomic mass is 32.2. The van der Waals surface area contributed by atoms with Gasteiger partial charge in [0.1, 0.15) is 0 Å². The van der Waals surface area contributed by atoms with Gasteiger partial charge in [-0.05, 0) is 12.8 Å². The van der Waals surface area contributed by atoms with Gasteiger partial charge in [0.05, 0.1) is 0 Å². The van der Waals surface area contributed by atoms with Crippen molar-refractivity contribution in [1.29, 1.82) is 0 Å². The molecule has 0 bridgehead atoms. The quantitative estimate of drug-likeness (QED) is 0.715. The summed E-state index contributed by atoms with van der Waals surface area (Å²) < 4.78 is 23.6. The molecule has 0 aromatic rings. The molecular formula is C9H19N3O2S. The molecule has 0 spiro atoms. The van der Waals surface area contributed by atoms with E-state index in [0.29, 0.717) is 19.1 Å². The Morgan fingerprint density at radius 1 is 1.00 bits per heavy atom. The lowest BCUT2D eigenvalue weighted by Crippen LogP contribution is -2.52. The lowest BCUT2D eigenvalue weighted by Gasteiger charge is -2.36. The molecule has 1 aliphatic heterocycles. The lowest BCUT2D eigenvalue weighted by atomic mass is 10.2. The first-order valence-corrected chi connectivity index (χ1v) is 7.09. The lowest BCUT2D eigenvalue weighted by molar-refractivity contribution is 0.139. The molecule has 1 saturated heterocycles. The molecule has 0 amide bonds. The van der Waals surface area contributed by atoms with E-state index in [1.807, 2.05) is 0 Å². The first-order chi connectivity index (χ1) is 7.07. The van der Waals surface area contributed by atoms with Gasteiger partial charge in [-0.2, -0.15) is 12.7 Å². The average molecular weight is 233 g/mol. The van der Waals surface area contributed by atoms with Gasteiger partial charge in [-0.3, -0.25) is 4.90 Å². The fourth-order valence-corrected chi connectivity index (χ4v) is 3.26. The summed E-state index contributed by atoms with van der Waals surface area (Å²) in [7, 11) is -3.47. The molecule has 1 heterocycles. The minimum absolute atomic E-state index is 0.551. The third-order valence-electron chi connectivity index (χ3n) is 3.47. The molecule has 2 fully saturated rings. The van der Waals surface area contributed by atoms with Crippen LogP contribution >= 0.6 is 0 Å². The molecule has 0 aromatic carbocycles. The fraction of sp³-hybridized carbons (Fsp3) is 1.00. The third kappa shape index (κ3) is 2.69. The maximum absolute atomic E-state index is 11.1. The van der Waals surface area contributed by atoms with Crippen LogP contribution in [0, 0.1) is 0 Å². The van der Waals surface area contributed by atoms with Gasteiger partial charge in [0.25, 0.3) is 10.2 Å². The summed E-state index contributed by atoms with van der Waals surface area (Å²) in [4.78, 5) is 2.41. The summed E-state index contributed by atoms with van der Waals surface area (Å²) in [6.07, 6.45) is 5.19. The second-order valence-corrected chi connectivity index (χ2v) is 5.96. The Balaban J connectivity index is 1.86. The van der Waals surface area contributed by atoms with E-state index in [9.17, 15) is 8.42 Å². The zero-order valence-electron chi connectivity index (χ0n) is 8.93. The van der Waals surface area contributed by atoms with Gasteiger partial charge in [0.2, 0.25) is 0 Å². The highest BCUT2D eigenvalue weighted by Crippen LogP contribution is 2.24. The summed E-state index contributed by atoms with van der Waals surface area (Å²) in [6.45, 7) is 2.77. The van der Waals surface area contributed by atoms with E-state index in [0.717, 1.165) is 13.1 Å². The maximum Gasteiger partial charge on any atom is 0.276 e. The van der Waals surface area contributed by atoms with E-state index in [4.69, 9.17) is 5.14 Å². The molecule has 15 heavy (non-hydrogen) atoms. The predicted octanol–water partition coefficient (Wildman–Crippen LogP) is -0.250. The van der Waals surface area contributed by atoms with Gasteiger partial charge in [-0.1, -0.05) is 12.8 Å². The molecule has 1 aliphatic carbocycles. The van der Waals surface area contributed by atoms with Crippen LogP contribution in [0.3, 0.4) is 0 Å². The summed E-state index contributed by atoms with van der Waals surface area (Å²) >= 11 is 0. The molecule has 6 heteroatoms. The molecular weight excluding hydrogens is 214 g/mol. The fourth-order valence-electron chi connectivity index (χ4n) is 2.59. The van der Waals surface area contributed by atoms with Crippen molar-refractivity contribution in [2.75, 3.05) is 26.2 Å². The maximum atomic E-state index is 11.1. The molecule has 1 saturated carbocycles. The average Bonchev–Trinajstić information content (AvgIpc) is 2.69. The Morgan fingerprint density at radius 3 is 2.00 bits per heavy atom. The summed E-state index contributed by atoms with van der Waals surface area (Å²) in [5, 5.41) is 5.09. The van der Waals surface area contributed by atoms with Crippen LogP contribution in [0.15, 0.2) is 0 Å². The number of nitrogens with two attached hydrogens (primary N) is 1. The van der Waals surface area contributed by atoms with Crippen LogP contribution in [-0.2, 0) is 10.2 Å². The van der Waals surface area contributed by atoms with Gasteiger partial charge in [0, 0.05) is 32.2 Å². The normalized spacial score (nSPS) is 27.3. The van der Waals surface area contributed by atoms with Crippen LogP contribution in [0.25, 0.3) is 0 Å².